The number of hydrogen-bond donors (Lipinski definition) is 2. The maximum Gasteiger partial charge on any atom is 0.253 e. The van der Waals surface area contributed by atoms with Gasteiger partial charge in [-0.1, -0.05) is 30.1 Å². The van der Waals surface area contributed by atoms with Gasteiger partial charge in [-0.2, -0.15) is 4.98 Å². The monoisotopic (exact) mass is 484 g/mol. The average molecular weight is 485 g/mol. The van der Waals surface area contributed by atoms with Crippen molar-refractivity contribution in [1.29, 1.82) is 0 Å². The summed E-state index contributed by atoms with van der Waals surface area (Å²) in [7, 11) is 0. The van der Waals surface area contributed by atoms with Gasteiger partial charge in [-0.25, -0.2) is 4.39 Å². The van der Waals surface area contributed by atoms with E-state index in [2.05, 4.69) is 25.7 Å². The highest BCUT2D eigenvalue weighted by molar-refractivity contribution is 5.94. The molecule has 10 heteroatoms. The van der Waals surface area contributed by atoms with E-state index in [0.29, 0.717) is 43.1 Å². The Balaban J connectivity index is 1.17. The van der Waals surface area contributed by atoms with Crippen LogP contribution >= 0.6 is 0 Å². The summed E-state index contributed by atoms with van der Waals surface area (Å²) >= 11 is 0. The Kier molecular flexibility index (Phi) is 6.59. The fourth-order valence-electron chi connectivity index (χ4n) is 5.13. The number of carbonyl (C=O) groups excluding carboxylic acids is 2. The van der Waals surface area contributed by atoms with Crippen molar-refractivity contribution in [3.8, 4) is 11.4 Å². The van der Waals surface area contributed by atoms with Gasteiger partial charge in [-0.15, -0.1) is 0 Å². The molecule has 1 aromatic carbocycles. The van der Waals surface area contributed by atoms with Gasteiger partial charge in [-0.05, 0) is 38.8 Å². The van der Waals surface area contributed by atoms with Crippen molar-refractivity contribution in [2.45, 2.75) is 57.3 Å². The van der Waals surface area contributed by atoms with E-state index in [1.54, 1.807) is 38.1 Å². The molecule has 3 unspecified atom stereocenters. The Bertz CT molecular complexity index is 1060. The third-order valence-electron chi connectivity index (χ3n) is 7.45. The van der Waals surface area contributed by atoms with Crippen molar-refractivity contribution < 1.29 is 18.5 Å². The quantitative estimate of drug-likeness (QED) is 0.671. The predicted octanol–water partition coefficient (Wildman–Crippen LogP) is 2.30. The number of fused-ring (bicyclic) bond motifs is 1. The minimum atomic E-state index is -0.836. The minimum Gasteiger partial charge on any atom is -0.338 e. The Morgan fingerprint density at radius 1 is 1.14 bits per heavy atom. The highest BCUT2D eigenvalue weighted by Crippen LogP contribution is 2.28. The van der Waals surface area contributed by atoms with Crippen LogP contribution in [-0.4, -0.2) is 76.9 Å². The van der Waals surface area contributed by atoms with Crippen LogP contribution in [0.15, 0.2) is 28.8 Å². The van der Waals surface area contributed by atoms with Crippen molar-refractivity contribution in [3.63, 3.8) is 0 Å². The van der Waals surface area contributed by atoms with E-state index in [9.17, 15) is 14.0 Å². The molecule has 2 aromatic rings. The number of hydrogen-bond acceptors (Lipinski definition) is 7. The first-order valence-corrected chi connectivity index (χ1v) is 12.5. The first-order valence-electron chi connectivity index (χ1n) is 12.5. The summed E-state index contributed by atoms with van der Waals surface area (Å²) in [6.07, 6.45) is 4.12. The molecule has 0 bridgehead atoms. The Morgan fingerprint density at radius 2 is 1.86 bits per heavy atom. The van der Waals surface area contributed by atoms with E-state index in [1.165, 1.54) is 6.42 Å². The number of nitrogens with one attached hydrogen (secondary N) is 2. The lowest BCUT2D eigenvalue weighted by molar-refractivity contribution is -0.134. The van der Waals surface area contributed by atoms with E-state index >= 15 is 0 Å². The fraction of sp³-hybridized carbons (Fsp3) is 0.600. The second-order valence-corrected chi connectivity index (χ2v) is 10.4. The van der Waals surface area contributed by atoms with Crippen LogP contribution in [0, 0.1) is 5.92 Å². The molecule has 9 nitrogen and oxygen atoms in total. The highest BCUT2D eigenvalue weighted by atomic mass is 19.1. The maximum absolute atomic E-state index is 13.2. The number of carbonyl (C=O) groups is 2. The molecule has 3 atom stereocenters. The van der Waals surface area contributed by atoms with Gasteiger partial charge in [0.1, 0.15) is 13.0 Å². The van der Waals surface area contributed by atoms with Gasteiger partial charge in [0.15, 0.2) is 0 Å². The van der Waals surface area contributed by atoms with Crippen LogP contribution in [-0.2, 0) is 10.2 Å². The molecule has 3 fully saturated rings. The molecular formula is C25H33FN6O3. The van der Waals surface area contributed by atoms with E-state index in [-0.39, 0.29) is 36.0 Å². The van der Waals surface area contributed by atoms with Crippen molar-refractivity contribution in [3.05, 3.63) is 35.7 Å². The molecule has 2 saturated heterocycles. The number of rotatable bonds is 5. The molecule has 5 rings (SSSR count). The lowest BCUT2D eigenvalue weighted by atomic mass is 9.82. The summed E-state index contributed by atoms with van der Waals surface area (Å²) < 4.78 is 18.4. The van der Waals surface area contributed by atoms with E-state index < -0.39 is 12.1 Å². The maximum atomic E-state index is 13.2. The van der Waals surface area contributed by atoms with Gasteiger partial charge in [0.25, 0.3) is 5.91 Å². The first-order chi connectivity index (χ1) is 16.9. The number of benzene rings is 1. The zero-order valence-corrected chi connectivity index (χ0v) is 20.3. The lowest BCUT2D eigenvalue weighted by Crippen LogP contribution is -2.69. The summed E-state index contributed by atoms with van der Waals surface area (Å²) in [5, 5.41) is 10.7. The first kappa shape index (κ1) is 23.9. The average Bonchev–Trinajstić information content (AvgIpc) is 3.40. The predicted molar refractivity (Wildman–Crippen MR) is 127 cm³/mol. The van der Waals surface area contributed by atoms with Crippen LogP contribution in [0.25, 0.3) is 11.4 Å². The number of aromatic nitrogens is 2. The summed E-state index contributed by atoms with van der Waals surface area (Å²) in [5.41, 5.74) is 0.456. The number of alkyl halides is 1. The number of piperazine rings is 1. The Labute approximate surface area is 204 Å². The molecule has 1 saturated carbocycles. The molecule has 0 radical (unpaired) electrons. The molecule has 2 aliphatic heterocycles. The van der Waals surface area contributed by atoms with Gasteiger partial charge in [-0.3, -0.25) is 19.8 Å². The highest BCUT2D eigenvalue weighted by Gasteiger charge is 2.40. The van der Waals surface area contributed by atoms with E-state index in [1.807, 2.05) is 4.90 Å². The zero-order chi connectivity index (χ0) is 24.6. The van der Waals surface area contributed by atoms with Crippen LogP contribution in [0.4, 0.5) is 4.39 Å². The SMILES string of the molecule is CC(C)(CF)c1nc(-c2ccc(C(=O)N3CCN(C4NC(=O)C5CCCCC5N4)CC3)cc2)no1. The van der Waals surface area contributed by atoms with Crippen LogP contribution < -0.4 is 10.6 Å². The number of halogens is 1. The van der Waals surface area contributed by atoms with Gasteiger partial charge in [0.2, 0.25) is 17.6 Å². The van der Waals surface area contributed by atoms with Gasteiger partial charge >= 0.3 is 0 Å². The largest absolute Gasteiger partial charge is 0.338 e. The lowest BCUT2D eigenvalue weighted by Gasteiger charge is -2.46. The molecule has 35 heavy (non-hydrogen) atoms. The van der Waals surface area contributed by atoms with Crippen LogP contribution in [0.5, 0.6) is 0 Å². The molecule has 1 aliphatic carbocycles. The molecule has 3 aliphatic rings. The molecule has 188 valence electrons. The molecular weight excluding hydrogens is 451 g/mol. The fourth-order valence-corrected chi connectivity index (χ4v) is 5.13. The molecule has 2 N–H and O–H groups in total. The summed E-state index contributed by atoms with van der Waals surface area (Å²) in [5.74, 6) is 0.822. The van der Waals surface area contributed by atoms with E-state index in [0.717, 1.165) is 19.3 Å². The van der Waals surface area contributed by atoms with Crippen molar-refractivity contribution >= 4 is 11.8 Å². The summed E-state index contributed by atoms with van der Waals surface area (Å²) in [4.78, 5) is 34.0. The number of nitrogens with zero attached hydrogens (tertiary/aromatic N) is 4. The number of amides is 2. The van der Waals surface area contributed by atoms with Crippen LogP contribution in [0.2, 0.25) is 0 Å². The molecule has 3 heterocycles. The smallest absolute Gasteiger partial charge is 0.253 e. The van der Waals surface area contributed by atoms with Crippen LogP contribution in [0.1, 0.15) is 55.8 Å². The van der Waals surface area contributed by atoms with Crippen molar-refractivity contribution in [1.82, 2.24) is 30.6 Å². The molecule has 0 spiro atoms. The standard InChI is InChI=1S/C25H33FN6O3/c1-25(2,15-26)23-28-20(30-35-23)16-7-9-17(10-8-16)22(34)31-11-13-32(14-12-31)24-27-19-6-4-3-5-18(19)21(33)29-24/h7-10,18-19,24,27H,3-6,11-15H2,1-2H3,(H,29,33). The minimum absolute atomic E-state index is 0.0310. The van der Waals surface area contributed by atoms with Gasteiger partial charge in [0.05, 0.1) is 11.3 Å². The second-order valence-electron chi connectivity index (χ2n) is 10.4. The van der Waals surface area contributed by atoms with Gasteiger partial charge in [0, 0.05) is 43.3 Å². The zero-order valence-electron chi connectivity index (χ0n) is 20.3. The summed E-state index contributed by atoms with van der Waals surface area (Å²) in [6, 6.07) is 7.32. The normalized spacial score (nSPS) is 25.7. The Morgan fingerprint density at radius 3 is 2.57 bits per heavy atom. The second kappa shape index (κ2) is 9.66. The van der Waals surface area contributed by atoms with Crippen molar-refractivity contribution in [2.24, 2.45) is 5.92 Å². The van der Waals surface area contributed by atoms with Crippen molar-refractivity contribution in [2.75, 3.05) is 32.9 Å². The van der Waals surface area contributed by atoms with Gasteiger partial charge < -0.3 is 14.7 Å². The summed E-state index contributed by atoms with van der Waals surface area (Å²) in [6.45, 7) is 5.38. The van der Waals surface area contributed by atoms with E-state index in [4.69, 9.17) is 4.52 Å². The third kappa shape index (κ3) is 4.81. The molecule has 1 aromatic heterocycles. The topological polar surface area (TPSA) is 104 Å². The Hall–Kier alpha value is -2.85. The van der Waals surface area contributed by atoms with Crippen LogP contribution in [0.3, 0.4) is 0 Å². The third-order valence-corrected chi connectivity index (χ3v) is 7.45. The molecule has 2 amide bonds.